The van der Waals surface area contributed by atoms with Gasteiger partial charge in [0.05, 0.1) is 6.21 Å². The normalized spacial score (nSPS) is 11.5. The number of fused-ring (bicyclic) bond motifs is 1. The third-order valence-corrected chi connectivity index (χ3v) is 4.10. The second kappa shape index (κ2) is 6.44. The smallest absolute Gasteiger partial charge is 0.303 e. The fourth-order valence-electron chi connectivity index (χ4n) is 2.34. The zero-order valence-electron chi connectivity index (χ0n) is 13.1. The number of nitrogens with one attached hydrogen (secondary N) is 2. The third kappa shape index (κ3) is 2.90. The van der Waals surface area contributed by atoms with Crippen LogP contribution in [-0.2, 0) is 13.6 Å². The largest absolute Gasteiger partial charge is 0.329 e. The van der Waals surface area contributed by atoms with E-state index < -0.39 is 11.2 Å². The highest BCUT2D eigenvalue weighted by Crippen LogP contribution is 2.15. The summed E-state index contributed by atoms with van der Waals surface area (Å²) in [5, 5.41) is 4.15. The van der Waals surface area contributed by atoms with E-state index in [9.17, 15) is 9.59 Å². The maximum atomic E-state index is 12.1. The van der Waals surface area contributed by atoms with Crippen LogP contribution in [0.15, 0.2) is 43.4 Å². The highest BCUT2D eigenvalue weighted by molar-refractivity contribution is 9.10. The SMILES string of the molecule is CCn1c(N/N=C\c2ccc(Br)cc2)nc2c1c(=O)[nH]c(=O)n2C. The number of hydrogen-bond donors (Lipinski definition) is 2. The summed E-state index contributed by atoms with van der Waals surface area (Å²) in [6.07, 6.45) is 1.65. The van der Waals surface area contributed by atoms with E-state index in [4.69, 9.17) is 0 Å². The molecule has 124 valence electrons. The Kier molecular flexibility index (Phi) is 4.34. The Hall–Kier alpha value is -2.68. The van der Waals surface area contributed by atoms with Crippen molar-refractivity contribution in [1.29, 1.82) is 0 Å². The molecule has 0 unspecified atom stereocenters. The van der Waals surface area contributed by atoms with E-state index in [0.29, 0.717) is 23.7 Å². The fourth-order valence-corrected chi connectivity index (χ4v) is 2.61. The van der Waals surface area contributed by atoms with Crippen LogP contribution in [0.3, 0.4) is 0 Å². The number of imidazole rings is 1. The number of aryl methyl sites for hydroxylation is 2. The van der Waals surface area contributed by atoms with Crippen molar-refractivity contribution in [2.45, 2.75) is 13.5 Å². The number of aromatic amines is 1. The van der Waals surface area contributed by atoms with Crippen LogP contribution in [0.4, 0.5) is 5.95 Å². The van der Waals surface area contributed by atoms with Gasteiger partial charge < -0.3 is 4.57 Å². The van der Waals surface area contributed by atoms with Crippen molar-refractivity contribution in [3.63, 3.8) is 0 Å². The molecule has 24 heavy (non-hydrogen) atoms. The highest BCUT2D eigenvalue weighted by Gasteiger charge is 2.15. The van der Waals surface area contributed by atoms with Gasteiger partial charge in [-0.15, -0.1) is 0 Å². The van der Waals surface area contributed by atoms with Crippen LogP contribution in [0.5, 0.6) is 0 Å². The van der Waals surface area contributed by atoms with Crippen molar-refractivity contribution < 1.29 is 0 Å². The standard InChI is InChI=1S/C15H15BrN6O2/c1-3-22-11-12(21(2)15(24)19-13(11)23)18-14(22)20-17-8-9-4-6-10(16)7-5-9/h4-8H,3H2,1-2H3,(H,18,20)(H,19,23,24)/b17-8-. The van der Waals surface area contributed by atoms with E-state index >= 15 is 0 Å². The molecular formula is C15H15BrN6O2. The summed E-state index contributed by atoms with van der Waals surface area (Å²) < 4.78 is 3.96. The molecule has 2 N–H and O–H groups in total. The minimum absolute atomic E-state index is 0.312. The van der Waals surface area contributed by atoms with Gasteiger partial charge in [0.15, 0.2) is 11.2 Å². The van der Waals surface area contributed by atoms with Gasteiger partial charge in [0.1, 0.15) is 0 Å². The van der Waals surface area contributed by atoms with Crippen LogP contribution >= 0.6 is 15.9 Å². The summed E-state index contributed by atoms with van der Waals surface area (Å²) in [6.45, 7) is 2.39. The van der Waals surface area contributed by atoms with Gasteiger partial charge in [-0.25, -0.2) is 10.2 Å². The van der Waals surface area contributed by atoms with Crippen molar-refractivity contribution in [3.05, 3.63) is 55.1 Å². The molecule has 9 heteroatoms. The highest BCUT2D eigenvalue weighted by atomic mass is 79.9. The summed E-state index contributed by atoms with van der Waals surface area (Å²) in [6, 6.07) is 7.65. The van der Waals surface area contributed by atoms with Gasteiger partial charge >= 0.3 is 5.69 Å². The summed E-state index contributed by atoms with van der Waals surface area (Å²) in [5.74, 6) is 0.396. The molecule has 0 spiro atoms. The lowest BCUT2D eigenvalue weighted by atomic mass is 10.2. The lowest BCUT2D eigenvalue weighted by Gasteiger charge is -2.03. The van der Waals surface area contributed by atoms with Crippen LogP contribution in [0.2, 0.25) is 0 Å². The Labute approximate surface area is 145 Å². The summed E-state index contributed by atoms with van der Waals surface area (Å²) in [7, 11) is 1.56. The average Bonchev–Trinajstić information content (AvgIpc) is 2.94. The summed E-state index contributed by atoms with van der Waals surface area (Å²) in [5.41, 5.74) is 3.42. The van der Waals surface area contributed by atoms with Crippen molar-refractivity contribution in [2.75, 3.05) is 5.43 Å². The molecule has 1 aromatic carbocycles. The van der Waals surface area contributed by atoms with Gasteiger partial charge in [0.2, 0.25) is 5.95 Å². The molecule has 0 aliphatic carbocycles. The number of anilines is 1. The van der Waals surface area contributed by atoms with Crippen LogP contribution in [0.1, 0.15) is 12.5 Å². The van der Waals surface area contributed by atoms with Gasteiger partial charge in [-0.05, 0) is 24.6 Å². The monoisotopic (exact) mass is 390 g/mol. The molecule has 0 saturated carbocycles. The van der Waals surface area contributed by atoms with Crippen LogP contribution < -0.4 is 16.7 Å². The van der Waals surface area contributed by atoms with Gasteiger partial charge in [-0.1, -0.05) is 28.1 Å². The number of halogens is 1. The Morgan fingerprint density at radius 3 is 2.71 bits per heavy atom. The Morgan fingerprint density at radius 1 is 1.33 bits per heavy atom. The molecule has 0 aliphatic rings. The zero-order chi connectivity index (χ0) is 17.3. The molecular weight excluding hydrogens is 376 g/mol. The molecule has 2 aromatic heterocycles. The van der Waals surface area contributed by atoms with E-state index in [1.807, 2.05) is 31.2 Å². The average molecular weight is 391 g/mol. The molecule has 0 amide bonds. The lowest BCUT2D eigenvalue weighted by molar-refractivity contribution is 0.781. The Bertz CT molecular complexity index is 1030. The third-order valence-electron chi connectivity index (χ3n) is 3.57. The first-order chi connectivity index (χ1) is 11.5. The Balaban J connectivity index is 1.99. The van der Waals surface area contributed by atoms with Gasteiger partial charge in [-0.3, -0.25) is 14.3 Å². The fraction of sp³-hybridized carbons (Fsp3) is 0.200. The van der Waals surface area contributed by atoms with Crippen molar-refractivity contribution in [2.24, 2.45) is 12.1 Å². The maximum absolute atomic E-state index is 12.1. The summed E-state index contributed by atoms with van der Waals surface area (Å²) in [4.78, 5) is 30.4. The topological polar surface area (TPSA) is 97.1 Å². The second-order valence-electron chi connectivity index (χ2n) is 5.09. The van der Waals surface area contributed by atoms with Crippen LogP contribution in [-0.4, -0.2) is 25.3 Å². The molecule has 0 aliphatic heterocycles. The van der Waals surface area contributed by atoms with Crippen molar-refractivity contribution >= 4 is 39.3 Å². The van der Waals surface area contributed by atoms with E-state index in [-0.39, 0.29) is 0 Å². The first kappa shape index (κ1) is 16.2. The van der Waals surface area contributed by atoms with E-state index in [1.54, 1.807) is 17.8 Å². The maximum Gasteiger partial charge on any atom is 0.329 e. The zero-order valence-corrected chi connectivity index (χ0v) is 14.7. The van der Waals surface area contributed by atoms with Gasteiger partial charge in [-0.2, -0.15) is 10.1 Å². The number of H-pyrrole nitrogens is 1. The Morgan fingerprint density at radius 2 is 2.04 bits per heavy atom. The number of benzene rings is 1. The number of hydrogen-bond acceptors (Lipinski definition) is 5. The second-order valence-corrected chi connectivity index (χ2v) is 6.01. The van der Waals surface area contributed by atoms with E-state index in [1.165, 1.54) is 4.57 Å². The predicted octanol–water partition coefficient (Wildman–Crippen LogP) is 1.65. The van der Waals surface area contributed by atoms with Gasteiger partial charge in [0.25, 0.3) is 5.56 Å². The van der Waals surface area contributed by atoms with E-state index in [0.717, 1.165) is 10.0 Å². The summed E-state index contributed by atoms with van der Waals surface area (Å²) >= 11 is 3.37. The molecule has 0 radical (unpaired) electrons. The van der Waals surface area contributed by atoms with E-state index in [2.05, 4.69) is 36.4 Å². The molecule has 0 atom stereocenters. The molecule has 3 aromatic rings. The molecule has 8 nitrogen and oxygen atoms in total. The van der Waals surface area contributed by atoms with Crippen molar-refractivity contribution in [1.82, 2.24) is 19.1 Å². The molecule has 0 fully saturated rings. The first-order valence-electron chi connectivity index (χ1n) is 7.25. The minimum Gasteiger partial charge on any atom is -0.303 e. The lowest BCUT2D eigenvalue weighted by Crippen LogP contribution is -2.29. The molecule has 0 bridgehead atoms. The minimum atomic E-state index is -0.502. The number of rotatable bonds is 4. The van der Waals surface area contributed by atoms with Crippen LogP contribution in [0.25, 0.3) is 11.2 Å². The van der Waals surface area contributed by atoms with Crippen molar-refractivity contribution in [3.8, 4) is 0 Å². The predicted molar refractivity (Wildman–Crippen MR) is 96.6 cm³/mol. The molecule has 3 rings (SSSR count). The molecule has 0 saturated heterocycles. The number of nitrogens with zero attached hydrogens (tertiary/aromatic N) is 4. The quantitative estimate of drug-likeness (QED) is 0.522. The van der Waals surface area contributed by atoms with Crippen LogP contribution in [0, 0.1) is 0 Å². The first-order valence-corrected chi connectivity index (χ1v) is 8.04. The molecule has 2 heterocycles. The number of hydrazone groups is 1. The number of aromatic nitrogens is 4. The van der Waals surface area contributed by atoms with Gasteiger partial charge in [0, 0.05) is 18.1 Å².